The predicted molar refractivity (Wildman–Crippen MR) is 159 cm³/mol. The Morgan fingerprint density at radius 1 is 0.952 bits per heavy atom. The van der Waals surface area contributed by atoms with Gasteiger partial charge in [-0.15, -0.1) is 0 Å². The molecule has 0 radical (unpaired) electrons. The average molecular weight is 555 g/mol. The monoisotopic (exact) mass is 554 g/mol. The molecule has 0 saturated heterocycles. The minimum atomic E-state index is -0.496. The fraction of sp³-hybridized carbons (Fsp3) is 0.0625. The van der Waals surface area contributed by atoms with Crippen LogP contribution in [0, 0.1) is 12.7 Å². The molecule has 7 aromatic rings. The number of nitrogens with one attached hydrogen (secondary N) is 3. The number of hydrogen-bond donors (Lipinski definition) is 3. The Balaban J connectivity index is 1.26. The van der Waals surface area contributed by atoms with E-state index in [1.807, 2.05) is 67.6 Å². The van der Waals surface area contributed by atoms with Crippen molar-refractivity contribution in [1.29, 1.82) is 0 Å². The van der Waals surface area contributed by atoms with Crippen LogP contribution in [0.1, 0.15) is 11.1 Å². The van der Waals surface area contributed by atoms with Crippen LogP contribution >= 0.6 is 0 Å². The molecule has 0 bridgehead atoms. The number of pyridine rings is 3. The first-order chi connectivity index (χ1) is 20.5. The molecule has 0 unspecified atom stereocenters. The minimum absolute atomic E-state index is 0.158. The average Bonchev–Trinajstić information content (AvgIpc) is 3.63. The van der Waals surface area contributed by atoms with Crippen LogP contribution in [-0.4, -0.2) is 41.0 Å². The van der Waals surface area contributed by atoms with E-state index in [1.54, 1.807) is 24.7 Å². The van der Waals surface area contributed by atoms with Crippen LogP contribution in [0.4, 0.5) is 10.1 Å². The lowest BCUT2D eigenvalue weighted by Crippen LogP contribution is -2.14. The van der Waals surface area contributed by atoms with Gasteiger partial charge >= 0.3 is 0 Å². The summed E-state index contributed by atoms with van der Waals surface area (Å²) in [6.07, 6.45) is 6.77. The number of imidazole rings is 1. The summed E-state index contributed by atoms with van der Waals surface area (Å²) in [6, 6.07) is 20.5. The molecule has 0 aliphatic heterocycles. The van der Waals surface area contributed by atoms with Gasteiger partial charge in [0.05, 0.1) is 23.0 Å². The van der Waals surface area contributed by atoms with Gasteiger partial charge in [0.25, 0.3) is 0 Å². The van der Waals surface area contributed by atoms with Crippen molar-refractivity contribution >= 4 is 33.7 Å². The molecule has 204 valence electrons. The first-order valence-electron chi connectivity index (χ1n) is 13.3. The molecule has 0 aliphatic carbocycles. The third kappa shape index (κ3) is 4.64. The number of rotatable bonds is 6. The number of hydrogen-bond acceptors (Lipinski definition) is 6. The maximum Gasteiger partial charge on any atom is 0.228 e. The van der Waals surface area contributed by atoms with Crippen molar-refractivity contribution in [2.45, 2.75) is 13.3 Å². The van der Waals surface area contributed by atoms with Crippen molar-refractivity contribution in [3.63, 3.8) is 0 Å². The van der Waals surface area contributed by atoms with E-state index in [0.29, 0.717) is 34.0 Å². The number of carbonyl (C=O) groups excluding carboxylic acids is 1. The fourth-order valence-electron chi connectivity index (χ4n) is 5.10. The smallest absolute Gasteiger partial charge is 0.228 e. The molecule has 3 N–H and O–H groups in total. The SMILES string of the molecule is Cc1cc(NC(=O)Cc2ccccc2)cc(-c2cnc3n[nH]c(-c4nc5c(-c6ccncc6)nccc5[nH]4)c3c2F)c1. The molecule has 0 atom stereocenters. The third-order valence-corrected chi connectivity index (χ3v) is 6.99. The Kier molecular flexibility index (Phi) is 6.20. The van der Waals surface area contributed by atoms with Crippen molar-refractivity contribution in [3.8, 4) is 33.9 Å². The molecular weight excluding hydrogens is 531 g/mol. The zero-order chi connectivity index (χ0) is 28.6. The van der Waals surface area contributed by atoms with Crippen LogP contribution in [0.5, 0.6) is 0 Å². The highest BCUT2D eigenvalue weighted by Gasteiger charge is 2.21. The van der Waals surface area contributed by atoms with E-state index in [1.165, 1.54) is 6.20 Å². The number of aromatic amines is 2. The Labute approximate surface area is 238 Å². The van der Waals surface area contributed by atoms with Crippen molar-refractivity contribution in [1.82, 2.24) is 35.1 Å². The van der Waals surface area contributed by atoms with Gasteiger partial charge in [-0.3, -0.25) is 19.9 Å². The highest BCUT2D eigenvalue weighted by atomic mass is 19.1. The van der Waals surface area contributed by atoms with Crippen molar-refractivity contribution in [2.75, 3.05) is 5.32 Å². The number of carbonyl (C=O) groups is 1. The van der Waals surface area contributed by atoms with E-state index in [9.17, 15) is 4.79 Å². The number of H-pyrrole nitrogens is 2. The number of fused-ring (bicyclic) bond motifs is 2. The zero-order valence-corrected chi connectivity index (χ0v) is 22.4. The summed E-state index contributed by atoms with van der Waals surface area (Å²) < 4.78 is 16.3. The largest absolute Gasteiger partial charge is 0.337 e. The van der Waals surface area contributed by atoms with Crippen LogP contribution in [0.3, 0.4) is 0 Å². The van der Waals surface area contributed by atoms with Gasteiger partial charge in [-0.1, -0.05) is 36.4 Å². The minimum Gasteiger partial charge on any atom is -0.337 e. The number of amides is 1. The lowest BCUT2D eigenvalue weighted by atomic mass is 10.0. The number of benzene rings is 2. The number of nitrogens with zero attached hydrogens (tertiary/aromatic N) is 5. The van der Waals surface area contributed by atoms with Gasteiger partial charge in [-0.05, 0) is 53.9 Å². The fourth-order valence-corrected chi connectivity index (χ4v) is 5.10. The molecule has 0 fully saturated rings. The molecule has 5 aromatic heterocycles. The van der Waals surface area contributed by atoms with Gasteiger partial charge in [-0.2, -0.15) is 5.10 Å². The molecule has 42 heavy (non-hydrogen) atoms. The normalized spacial score (nSPS) is 11.3. The summed E-state index contributed by atoms with van der Waals surface area (Å²) in [6.45, 7) is 1.90. The second-order valence-corrected chi connectivity index (χ2v) is 9.96. The van der Waals surface area contributed by atoms with Crippen molar-refractivity contribution in [2.24, 2.45) is 0 Å². The van der Waals surface area contributed by atoms with Crippen LogP contribution < -0.4 is 5.32 Å². The third-order valence-electron chi connectivity index (χ3n) is 6.99. The maximum absolute atomic E-state index is 16.3. The number of anilines is 1. The molecule has 0 spiro atoms. The van der Waals surface area contributed by atoms with Gasteiger partial charge in [-0.25, -0.2) is 14.4 Å². The van der Waals surface area contributed by atoms with E-state index in [-0.39, 0.29) is 28.9 Å². The van der Waals surface area contributed by atoms with Crippen molar-refractivity contribution in [3.05, 3.63) is 108 Å². The van der Waals surface area contributed by atoms with Gasteiger partial charge in [0.1, 0.15) is 17.0 Å². The van der Waals surface area contributed by atoms with E-state index >= 15 is 4.39 Å². The number of halogens is 1. The second kappa shape index (κ2) is 10.3. The van der Waals surface area contributed by atoms with Gasteiger partial charge < -0.3 is 10.3 Å². The zero-order valence-electron chi connectivity index (χ0n) is 22.4. The van der Waals surface area contributed by atoms with Crippen LogP contribution in [-0.2, 0) is 11.2 Å². The first-order valence-corrected chi connectivity index (χ1v) is 13.3. The summed E-state index contributed by atoms with van der Waals surface area (Å²) >= 11 is 0. The number of aryl methyl sites for hydroxylation is 1. The number of aromatic nitrogens is 7. The summed E-state index contributed by atoms with van der Waals surface area (Å²) in [5, 5.41) is 10.3. The molecule has 5 heterocycles. The Hall–Kier alpha value is -5.77. The summed E-state index contributed by atoms with van der Waals surface area (Å²) in [4.78, 5) is 33.8. The van der Waals surface area contributed by atoms with E-state index in [2.05, 4.69) is 35.5 Å². The standard InChI is InChI=1S/C32H23FN8O/c1-18-13-21(16-22(14-18)37-25(42)15-19-5-3-2-4-6-19)23-17-36-31-26(27(23)33)30(40-41-31)32-38-24-9-12-35-28(29(24)39-32)20-7-10-34-11-8-20/h2-14,16-17H,15H2,1H3,(H,37,42)(H,38,39)(H,36,40,41). The molecule has 9 nitrogen and oxygen atoms in total. The van der Waals surface area contributed by atoms with Crippen LogP contribution in [0.25, 0.3) is 56.0 Å². The molecule has 10 heteroatoms. The molecule has 0 saturated carbocycles. The van der Waals surface area contributed by atoms with Crippen LogP contribution in [0.2, 0.25) is 0 Å². The molecule has 1 amide bonds. The van der Waals surface area contributed by atoms with E-state index in [0.717, 1.165) is 22.2 Å². The van der Waals surface area contributed by atoms with E-state index < -0.39 is 5.82 Å². The highest BCUT2D eigenvalue weighted by molar-refractivity contribution is 5.97. The second-order valence-electron chi connectivity index (χ2n) is 9.96. The molecular formula is C32H23FN8O. The van der Waals surface area contributed by atoms with Gasteiger partial charge in [0.2, 0.25) is 5.91 Å². The van der Waals surface area contributed by atoms with Crippen LogP contribution in [0.15, 0.2) is 91.5 Å². The summed E-state index contributed by atoms with van der Waals surface area (Å²) in [7, 11) is 0. The lowest BCUT2D eigenvalue weighted by Gasteiger charge is -2.11. The molecule has 7 rings (SSSR count). The predicted octanol–water partition coefficient (Wildman–Crippen LogP) is 6.25. The quantitative estimate of drug-likeness (QED) is 0.223. The molecule has 2 aromatic carbocycles. The Morgan fingerprint density at radius 3 is 2.62 bits per heavy atom. The first kappa shape index (κ1) is 25.2. The molecule has 0 aliphatic rings. The highest BCUT2D eigenvalue weighted by Crippen LogP contribution is 2.35. The lowest BCUT2D eigenvalue weighted by molar-refractivity contribution is -0.115. The van der Waals surface area contributed by atoms with Crippen molar-refractivity contribution < 1.29 is 9.18 Å². The Morgan fingerprint density at radius 2 is 1.79 bits per heavy atom. The van der Waals surface area contributed by atoms with Gasteiger partial charge in [0, 0.05) is 41.6 Å². The topological polar surface area (TPSA) is 125 Å². The maximum atomic E-state index is 16.3. The Bertz CT molecular complexity index is 2090. The van der Waals surface area contributed by atoms with E-state index in [4.69, 9.17) is 4.98 Å². The summed E-state index contributed by atoms with van der Waals surface area (Å²) in [5.41, 5.74) is 6.74. The summed E-state index contributed by atoms with van der Waals surface area (Å²) in [5.74, 6) is -0.245. The van der Waals surface area contributed by atoms with Gasteiger partial charge in [0.15, 0.2) is 11.5 Å².